The van der Waals surface area contributed by atoms with Crippen LogP contribution in [0.3, 0.4) is 0 Å². The summed E-state index contributed by atoms with van der Waals surface area (Å²) >= 11 is 0. The molecule has 0 spiro atoms. The Hall–Kier alpha value is -1.12. The normalized spacial score (nSPS) is 25.7. The van der Waals surface area contributed by atoms with Gasteiger partial charge < -0.3 is 5.73 Å². The van der Waals surface area contributed by atoms with E-state index < -0.39 is 0 Å². The van der Waals surface area contributed by atoms with Crippen LogP contribution in [0.2, 0.25) is 0 Å². The van der Waals surface area contributed by atoms with Crippen molar-refractivity contribution >= 4 is 6.08 Å². The summed E-state index contributed by atoms with van der Waals surface area (Å²) in [5, 5.41) is 0. The van der Waals surface area contributed by atoms with E-state index in [9.17, 15) is 0 Å². The molecule has 0 radical (unpaired) electrons. The third-order valence-corrected chi connectivity index (χ3v) is 3.92. The minimum atomic E-state index is 0.555. The minimum absolute atomic E-state index is 0.555. The molecule has 2 rings (SSSR count). The molecule has 0 saturated carbocycles. The van der Waals surface area contributed by atoms with Crippen molar-refractivity contribution in [2.24, 2.45) is 11.7 Å². The largest absolute Gasteiger partial charge is 0.329 e. The number of hydrogen-bond donors (Lipinski definition) is 1. The van der Waals surface area contributed by atoms with Gasteiger partial charge in [0.2, 0.25) is 0 Å². The van der Waals surface area contributed by atoms with Crippen LogP contribution in [0.15, 0.2) is 36.4 Å². The molecule has 0 aliphatic carbocycles. The van der Waals surface area contributed by atoms with Crippen LogP contribution >= 0.6 is 0 Å². The molecule has 1 aliphatic heterocycles. The number of benzene rings is 1. The van der Waals surface area contributed by atoms with Gasteiger partial charge in [0.25, 0.3) is 0 Å². The number of likely N-dealkylation sites (tertiary alicyclic amines) is 1. The lowest BCUT2D eigenvalue weighted by Crippen LogP contribution is -2.48. The molecule has 1 aliphatic rings. The van der Waals surface area contributed by atoms with Crippen molar-refractivity contribution in [1.29, 1.82) is 0 Å². The minimum Gasteiger partial charge on any atom is -0.329 e. The Labute approximate surface area is 110 Å². The third kappa shape index (κ3) is 3.44. The molecule has 2 heteroatoms. The predicted octanol–water partition coefficient (Wildman–Crippen LogP) is 2.76. The summed E-state index contributed by atoms with van der Waals surface area (Å²) in [7, 11) is 0. The smallest absolute Gasteiger partial charge is 0.0247 e. The monoisotopic (exact) mass is 244 g/mol. The van der Waals surface area contributed by atoms with E-state index in [0.717, 1.165) is 19.0 Å². The van der Waals surface area contributed by atoms with Gasteiger partial charge in [-0.2, -0.15) is 0 Å². The van der Waals surface area contributed by atoms with Gasteiger partial charge >= 0.3 is 0 Å². The second-order valence-electron chi connectivity index (χ2n) is 5.23. The third-order valence-electron chi connectivity index (χ3n) is 3.92. The Morgan fingerprint density at radius 2 is 2.11 bits per heavy atom. The number of nitrogens with two attached hydrogens (primary N) is 1. The van der Waals surface area contributed by atoms with Gasteiger partial charge in [-0.3, -0.25) is 4.90 Å². The van der Waals surface area contributed by atoms with Crippen molar-refractivity contribution in [3.8, 4) is 0 Å². The molecule has 1 aromatic rings. The maximum atomic E-state index is 5.90. The quantitative estimate of drug-likeness (QED) is 0.882. The van der Waals surface area contributed by atoms with Crippen LogP contribution in [0.4, 0.5) is 0 Å². The van der Waals surface area contributed by atoms with Gasteiger partial charge in [-0.25, -0.2) is 0 Å². The average molecular weight is 244 g/mol. The molecule has 2 N–H and O–H groups in total. The summed E-state index contributed by atoms with van der Waals surface area (Å²) in [6.07, 6.45) is 7.08. The first-order valence-corrected chi connectivity index (χ1v) is 6.97. The average Bonchev–Trinajstić information content (AvgIpc) is 2.40. The second kappa shape index (κ2) is 6.72. The molecule has 2 atom stereocenters. The lowest BCUT2D eigenvalue weighted by atomic mass is 9.91. The molecule has 98 valence electrons. The fraction of sp³-hybridized carbons (Fsp3) is 0.500. The Kier molecular flexibility index (Phi) is 4.97. The van der Waals surface area contributed by atoms with Crippen LogP contribution in [-0.2, 0) is 0 Å². The van der Waals surface area contributed by atoms with E-state index in [-0.39, 0.29) is 0 Å². The standard InChI is InChI=1S/C16H24N2/c1-14-7-5-11-18(16(14)13-17)12-6-10-15-8-3-2-4-9-15/h2-4,6,8-10,14,16H,5,7,11-13,17H2,1H3/b10-6+. The van der Waals surface area contributed by atoms with Crippen molar-refractivity contribution in [2.45, 2.75) is 25.8 Å². The maximum absolute atomic E-state index is 5.90. The first-order valence-electron chi connectivity index (χ1n) is 6.97. The Morgan fingerprint density at radius 3 is 2.83 bits per heavy atom. The van der Waals surface area contributed by atoms with E-state index in [1.807, 2.05) is 6.07 Å². The first-order chi connectivity index (χ1) is 8.81. The summed E-state index contributed by atoms with van der Waals surface area (Å²) in [5.74, 6) is 0.730. The number of hydrogen-bond acceptors (Lipinski definition) is 2. The van der Waals surface area contributed by atoms with Crippen LogP contribution in [-0.4, -0.2) is 30.6 Å². The molecular formula is C16H24N2. The Morgan fingerprint density at radius 1 is 1.33 bits per heavy atom. The number of rotatable bonds is 4. The second-order valence-corrected chi connectivity index (χ2v) is 5.23. The summed E-state index contributed by atoms with van der Waals surface area (Å²) in [6, 6.07) is 11.0. The van der Waals surface area contributed by atoms with Crippen LogP contribution in [0.1, 0.15) is 25.3 Å². The van der Waals surface area contributed by atoms with Gasteiger partial charge in [0.15, 0.2) is 0 Å². The molecule has 1 heterocycles. The fourth-order valence-corrected chi connectivity index (χ4v) is 2.83. The zero-order valence-corrected chi connectivity index (χ0v) is 11.3. The van der Waals surface area contributed by atoms with E-state index >= 15 is 0 Å². The van der Waals surface area contributed by atoms with E-state index in [1.165, 1.54) is 24.9 Å². The SMILES string of the molecule is CC1CCCN(C/C=C/c2ccccc2)C1CN. The van der Waals surface area contributed by atoms with Crippen molar-refractivity contribution in [1.82, 2.24) is 4.90 Å². The van der Waals surface area contributed by atoms with Crippen LogP contribution in [0.5, 0.6) is 0 Å². The van der Waals surface area contributed by atoms with Gasteiger partial charge in [-0.15, -0.1) is 0 Å². The van der Waals surface area contributed by atoms with Crippen LogP contribution in [0, 0.1) is 5.92 Å². The highest BCUT2D eigenvalue weighted by molar-refractivity contribution is 5.48. The Bertz CT molecular complexity index is 372. The molecule has 0 bridgehead atoms. The summed E-state index contributed by atoms with van der Waals surface area (Å²) < 4.78 is 0. The highest BCUT2D eigenvalue weighted by atomic mass is 15.2. The highest BCUT2D eigenvalue weighted by Gasteiger charge is 2.26. The topological polar surface area (TPSA) is 29.3 Å². The predicted molar refractivity (Wildman–Crippen MR) is 78.3 cm³/mol. The lowest BCUT2D eigenvalue weighted by Gasteiger charge is -2.38. The first kappa shape index (κ1) is 13.3. The van der Waals surface area contributed by atoms with Crippen molar-refractivity contribution in [2.75, 3.05) is 19.6 Å². The fourth-order valence-electron chi connectivity index (χ4n) is 2.83. The van der Waals surface area contributed by atoms with E-state index in [0.29, 0.717) is 6.04 Å². The Balaban J connectivity index is 1.90. The highest BCUT2D eigenvalue weighted by Crippen LogP contribution is 2.22. The van der Waals surface area contributed by atoms with Gasteiger partial charge in [0, 0.05) is 19.1 Å². The molecule has 1 saturated heterocycles. The molecule has 0 amide bonds. The molecule has 1 fully saturated rings. The molecule has 18 heavy (non-hydrogen) atoms. The van der Waals surface area contributed by atoms with E-state index in [1.54, 1.807) is 0 Å². The summed E-state index contributed by atoms with van der Waals surface area (Å²) in [5.41, 5.74) is 7.17. The molecule has 2 unspecified atom stereocenters. The van der Waals surface area contributed by atoms with Crippen molar-refractivity contribution < 1.29 is 0 Å². The van der Waals surface area contributed by atoms with E-state index in [4.69, 9.17) is 5.73 Å². The summed E-state index contributed by atoms with van der Waals surface area (Å²) in [4.78, 5) is 2.52. The van der Waals surface area contributed by atoms with Gasteiger partial charge in [0.05, 0.1) is 0 Å². The maximum Gasteiger partial charge on any atom is 0.0247 e. The van der Waals surface area contributed by atoms with Gasteiger partial charge in [-0.1, -0.05) is 49.4 Å². The van der Waals surface area contributed by atoms with Crippen molar-refractivity contribution in [3.63, 3.8) is 0 Å². The lowest BCUT2D eigenvalue weighted by molar-refractivity contribution is 0.120. The number of nitrogens with zero attached hydrogens (tertiary/aromatic N) is 1. The number of piperidine rings is 1. The van der Waals surface area contributed by atoms with Gasteiger partial charge in [0.1, 0.15) is 0 Å². The van der Waals surface area contributed by atoms with Crippen LogP contribution in [0.25, 0.3) is 6.08 Å². The molecule has 1 aromatic carbocycles. The van der Waals surface area contributed by atoms with E-state index in [2.05, 4.69) is 48.2 Å². The zero-order valence-electron chi connectivity index (χ0n) is 11.3. The van der Waals surface area contributed by atoms with Gasteiger partial charge in [-0.05, 0) is 30.9 Å². The zero-order chi connectivity index (χ0) is 12.8. The van der Waals surface area contributed by atoms with Crippen LogP contribution < -0.4 is 5.73 Å². The van der Waals surface area contributed by atoms with Crippen molar-refractivity contribution in [3.05, 3.63) is 42.0 Å². The molecule has 2 nitrogen and oxygen atoms in total. The summed E-state index contributed by atoms with van der Waals surface area (Å²) in [6.45, 7) is 5.30. The molecular weight excluding hydrogens is 220 g/mol. The molecule has 0 aromatic heterocycles.